The number of pyridine rings is 1. The number of rotatable bonds is 4. The van der Waals surface area contributed by atoms with Crippen LogP contribution in [0.15, 0.2) is 12.1 Å². The number of hydrogen-bond acceptors (Lipinski definition) is 4. The maximum Gasteiger partial charge on any atom is 0.251 e. The number of hydrogen-bond donors (Lipinski definition) is 2. The normalized spacial score (nSPS) is 17.7. The van der Waals surface area contributed by atoms with Crippen molar-refractivity contribution in [1.29, 1.82) is 0 Å². The lowest BCUT2D eigenvalue weighted by Crippen LogP contribution is -2.39. The zero-order chi connectivity index (χ0) is 15.5. The highest BCUT2D eigenvalue weighted by Crippen LogP contribution is 2.28. The summed E-state index contributed by atoms with van der Waals surface area (Å²) < 4.78 is 5.38. The van der Waals surface area contributed by atoms with E-state index in [1.54, 1.807) is 6.07 Å². The molecular formula is C16H25N3O2. The van der Waals surface area contributed by atoms with E-state index >= 15 is 0 Å². The fraction of sp³-hybridized carbons (Fsp3) is 0.625. The van der Waals surface area contributed by atoms with Crippen molar-refractivity contribution in [3.63, 3.8) is 0 Å². The van der Waals surface area contributed by atoms with Crippen molar-refractivity contribution in [3.8, 4) is 0 Å². The Labute approximate surface area is 126 Å². The number of anilines is 1. The number of nitrogens with one attached hydrogen (secondary N) is 1. The molecule has 0 atom stereocenters. The second-order valence-corrected chi connectivity index (χ2v) is 6.47. The van der Waals surface area contributed by atoms with Gasteiger partial charge in [-0.1, -0.05) is 20.8 Å². The van der Waals surface area contributed by atoms with Gasteiger partial charge in [0, 0.05) is 31.0 Å². The minimum Gasteiger partial charge on any atom is -0.384 e. The van der Waals surface area contributed by atoms with Crippen molar-refractivity contribution in [1.82, 2.24) is 10.3 Å². The molecule has 0 saturated carbocycles. The average molecular weight is 291 g/mol. The molecule has 0 aromatic carbocycles. The largest absolute Gasteiger partial charge is 0.384 e. The summed E-state index contributed by atoms with van der Waals surface area (Å²) in [5, 5.41) is 3.02. The van der Waals surface area contributed by atoms with Crippen LogP contribution in [0.4, 0.5) is 5.82 Å². The van der Waals surface area contributed by atoms with Crippen molar-refractivity contribution in [3.05, 3.63) is 23.4 Å². The van der Waals surface area contributed by atoms with Gasteiger partial charge in [-0.25, -0.2) is 4.98 Å². The second kappa shape index (κ2) is 6.43. The first-order chi connectivity index (χ1) is 9.89. The van der Waals surface area contributed by atoms with Gasteiger partial charge >= 0.3 is 0 Å². The summed E-state index contributed by atoms with van der Waals surface area (Å²) >= 11 is 0. The number of nitrogens with zero attached hydrogens (tertiary/aromatic N) is 1. The van der Waals surface area contributed by atoms with E-state index < -0.39 is 0 Å². The van der Waals surface area contributed by atoms with E-state index in [1.807, 2.05) is 19.9 Å². The average Bonchev–Trinajstić information content (AvgIpc) is 2.45. The maximum absolute atomic E-state index is 12.3. The maximum atomic E-state index is 12.3. The molecule has 2 rings (SSSR count). The van der Waals surface area contributed by atoms with Gasteiger partial charge in [0.05, 0.1) is 0 Å². The van der Waals surface area contributed by atoms with E-state index in [1.165, 1.54) is 0 Å². The summed E-state index contributed by atoms with van der Waals surface area (Å²) in [6, 6.07) is 3.45. The Hall–Kier alpha value is -1.62. The molecule has 1 aliphatic rings. The lowest BCUT2D eigenvalue weighted by Gasteiger charge is -2.33. The molecule has 1 amide bonds. The van der Waals surface area contributed by atoms with Gasteiger partial charge in [0.2, 0.25) is 0 Å². The van der Waals surface area contributed by atoms with Crippen LogP contribution in [0.1, 0.15) is 55.6 Å². The van der Waals surface area contributed by atoms with Gasteiger partial charge in [-0.15, -0.1) is 0 Å². The fourth-order valence-corrected chi connectivity index (χ4v) is 2.44. The Bertz CT molecular complexity index is 508. The summed E-state index contributed by atoms with van der Waals surface area (Å²) in [5.74, 6) is 0.551. The molecule has 3 N–H and O–H groups in total. The van der Waals surface area contributed by atoms with Gasteiger partial charge in [0.1, 0.15) is 5.82 Å². The SMILES string of the molecule is CC(C)c1cc(C(=O)NCC2(C)CCOCC2)cc(N)n1. The highest BCUT2D eigenvalue weighted by atomic mass is 16.5. The summed E-state index contributed by atoms with van der Waals surface area (Å²) in [5.41, 5.74) is 7.34. The zero-order valence-electron chi connectivity index (χ0n) is 13.1. The predicted molar refractivity (Wildman–Crippen MR) is 83.2 cm³/mol. The fourth-order valence-electron chi connectivity index (χ4n) is 2.44. The van der Waals surface area contributed by atoms with Gasteiger partial charge in [-0.05, 0) is 36.3 Å². The van der Waals surface area contributed by atoms with Crippen LogP contribution in [0.5, 0.6) is 0 Å². The topological polar surface area (TPSA) is 77.2 Å². The summed E-state index contributed by atoms with van der Waals surface area (Å²) in [6.07, 6.45) is 1.95. The molecule has 5 nitrogen and oxygen atoms in total. The first-order valence-electron chi connectivity index (χ1n) is 7.53. The zero-order valence-corrected chi connectivity index (χ0v) is 13.1. The lowest BCUT2D eigenvalue weighted by molar-refractivity contribution is 0.0238. The number of nitrogens with two attached hydrogens (primary N) is 1. The standard InChI is InChI=1S/C16H25N3O2/c1-11(2)13-8-12(9-14(17)19-13)15(20)18-10-16(3)4-6-21-7-5-16/h8-9,11H,4-7,10H2,1-3H3,(H2,17,19)(H,18,20). The molecule has 21 heavy (non-hydrogen) atoms. The number of amides is 1. The van der Waals surface area contributed by atoms with E-state index in [0.717, 1.165) is 31.7 Å². The van der Waals surface area contributed by atoms with Gasteiger partial charge < -0.3 is 15.8 Å². The number of nitrogen functional groups attached to an aromatic ring is 1. The lowest BCUT2D eigenvalue weighted by atomic mass is 9.82. The third-order valence-corrected chi connectivity index (χ3v) is 4.09. The minimum absolute atomic E-state index is 0.0845. The van der Waals surface area contributed by atoms with Gasteiger partial charge in [0.25, 0.3) is 5.91 Å². The molecule has 1 saturated heterocycles. The molecule has 2 heterocycles. The molecule has 0 bridgehead atoms. The molecule has 0 aliphatic carbocycles. The molecule has 0 spiro atoms. The van der Waals surface area contributed by atoms with E-state index in [0.29, 0.717) is 17.9 Å². The van der Waals surface area contributed by atoms with Gasteiger partial charge in [-0.3, -0.25) is 4.79 Å². The third kappa shape index (κ3) is 4.17. The van der Waals surface area contributed by atoms with E-state index in [4.69, 9.17) is 10.5 Å². The Balaban J connectivity index is 2.03. The van der Waals surface area contributed by atoms with Crippen molar-refractivity contribution < 1.29 is 9.53 Å². The first-order valence-corrected chi connectivity index (χ1v) is 7.53. The van der Waals surface area contributed by atoms with E-state index in [2.05, 4.69) is 17.2 Å². The number of carbonyl (C=O) groups is 1. The van der Waals surface area contributed by atoms with Gasteiger partial charge in [0.15, 0.2) is 0 Å². The van der Waals surface area contributed by atoms with Gasteiger partial charge in [-0.2, -0.15) is 0 Å². The van der Waals surface area contributed by atoms with Crippen molar-refractivity contribution in [2.75, 3.05) is 25.5 Å². The van der Waals surface area contributed by atoms with Crippen LogP contribution in [0.25, 0.3) is 0 Å². The van der Waals surface area contributed by atoms with Crippen LogP contribution in [0.3, 0.4) is 0 Å². The van der Waals surface area contributed by atoms with Crippen LogP contribution in [0.2, 0.25) is 0 Å². The Morgan fingerprint density at radius 3 is 2.71 bits per heavy atom. The van der Waals surface area contributed by atoms with Crippen LogP contribution in [-0.4, -0.2) is 30.6 Å². The van der Waals surface area contributed by atoms with E-state index in [-0.39, 0.29) is 17.2 Å². The molecule has 1 aliphatic heterocycles. The van der Waals surface area contributed by atoms with Crippen LogP contribution in [0, 0.1) is 5.41 Å². The number of ether oxygens (including phenoxy) is 1. The van der Waals surface area contributed by atoms with Crippen molar-refractivity contribution in [2.45, 2.75) is 39.5 Å². The number of carbonyl (C=O) groups excluding carboxylic acids is 1. The van der Waals surface area contributed by atoms with Crippen LogP contribution >= 0.6 is 0 Å². The van der Waals surface area contributed by atoms with E-state index in [9.17, 15) is 4.79 Å². The molecule has 0 unspecified atom stereocenters. The smallest absolute Gasteiger partial charge is 0.251 e. The molecule has 5 heteroatoms. The highest BCUT2D eigenvalue weighted by Gasteiger charge is 2.28. The summed E-state index contributed by atoms with van der Waals surface area (Å²) in [6.45, 7) is 8.46. The van der Waals surface area contributed by atoms with Crippen LogP contribution in [-0.2, 0) is 4.74 Å². The quantitative estimate of drug-likeness (QED) is 0.892. The molecule has 0 radical (unpaired) electrons. The molecular weight excluding hydrogens is 266 g/mol. The first kappa shape index (κ1) is 15.8. The molecule has 1 aromatic rings. The summed E-state index contributed by atoms with van der Waals surface area (Å²) in [7, 11) is 0. The monoisotopic (exact) mass is 291 g/mol. The second-order valence-electron chi connectivity index (χ2n) is 6.47. The minimum atomic E-state index is -0.0845. The Kier molecular flexibility index (Phi) is 4.83. The molecule has 116 valence electrons. The Morgan fingerprint density at radius 2 is 2.10 bits per heavy atom. The predicted octanol–water partition coefficient (Wildman–Crippen LogP) is 2.33. The third-order valence-electron chi connectivity index (χ3n) is 4.09. The highest BCUT2D eigenvalue weighted by molar-refractivity contribution is 5.95. The summed E-state index contributed by atoms with van der Waals surface area (Å²) in [4.78, 5) is 16.6. The van der Waals surface area contributed by atoms with Crippen LogP contribution < -0.4 is 11.1 Å². The molecule has 1 fully saturated rings. The molecule has 1 aromatic heterocycles. The Morgan fingerprint density at radius 1 is 1.43 bits per heavy atom. The number of aromatic nitrogens is 1. The van der Waals surface area contributed by atoms with Crippen molar-refractivity contribution >= 4 is 11.7 Å². The van der Waals surface area contributed by atoms with Crippen molar-refractivity contribution in [2.24, 2.45) is 5.41 Å².